The third kappa shape index (κ3) is 4.94. The number of nitrogens with zero attached hydrogens (tertiary/aromatic N) is 1. The number of carboxylic acids is 1. The first-order valence-corrected chi connectivity index (χ1v) is 10.0. The van der Waals surface area contributed by atoms with Crippen LogP contribution in [-0.4, -0.2) is 49.1 Å². The zero-order valence-electron chi connectivity index (χ0n) is 14.4. The van der Waals surface area contributed by atoms with Gasteiger partial charge in [-0.15, -0.1) is 0 Å². The van der Waals surface area contributed by atoms with Gasteiger partial charge in [-0.25, -0.2) is 8.42 Å². The minimum atomic E-state index is -3.42. The Balaban J connectivity index is 2.10. The van der Waals surface area contributed by atoms with Crippen molar-refractivity contribution in [1.29, 1.82) is 0 Å². The van der Waals surface area contributed by atoms with Gasteiger partial charge in [-0.1, -0.05) is 19.9 Å². The molecule has 0 aliphatic carbocycles. The molecule has 8 heteroatoms. The highest BCUT2D eigenvalue weighted by molar-refractivity contribution is 7.92. The molecule has 2 unspecified atom stereocenters. The van der Waals surface area contributed by atoms with Crippen LogP contribution in [0.15, 0.2) is 24.3 Å². The Morgan fingerprint density at radius 2 is 2.08 bits per heavy atom. The Labute approximate surface area is 148 Å². The number of carboxylic acid groups (broad SMARTS) is 1. The van der Waals surface area contributed by atoms with E-state index in [2.05, 4.69) is 4.72 Å². The molecule has 1 aliphatic heterocycles. The molecule has 0 saturated carbocycles. The lowest BCUT2D eigenvalue weighted by Gasteiger charge is -2.35. The van der Waals surface area contributed by atoms with Crippen molar-refractivity contribution in [2.45, 2.75) is 26.7 Å². The molecule has 0 spiro atoms. The fourth-order valence-corrected chi connectivity index (χ4v) is 4.22. The summed E-state index contributed by atoms with van der Waals surface area (Å²) >= 11 is 0. The predicted molar refractivity (Wildman–Crippen MR) is 95.0 cm³/mol. The summed E-state index contributed by atoms with van der Waals surface area (Å²) in [6, 6.07) is 6.38. The SMILES string of the molecule is CCCS(=O)(=O)Nc1cccc(C(=O)N2CCC(C(=O)O)C(C)C2)c1. The van der Waals surface area contributed by atoms with Gasteiger partial charge in [0.2, 0.25) is 10.0 Å². The molecule has 1 fully saturated rings. The van der Waals surface area contributed by atoms with Gasteiger partial charge >= 0.3 is 5.97 Å². The molecule has 25 heavy (non-hydrogen) atoms. The normalized spacial score (nSPS) is 21.0. The molecule has 0 radical (unpaired) electrons. The van der Waals surface area contributed by atoms with Crippen LogP contribution < -0.4 is 4.72 Å². The maximum atomic E-state index is 12.7. The fraction of sp³-hybridized carbons (Fsp3) is 0.529. The Morgan fingerprint density at radius 3 is 2.68 bits per heavy atom. The van der Waals surface area contributed by atoms with E-state index in [1.165, 1.54) is 6.07 Å². The first-order valence-electron chi connectivity index (χ1n) is 8.36. The standard InChI is InChI=1S/C17H24N2O5S/c1-3-9-25(23,24)18-14-6-4-5-13(10-14)16(20)19-8-7-15(17(21)22)12(2)11-19/h4-6,10,12,15,18H,3,7-9,11H2,1-2H3,(H,21,22). The molecular weight excluding hydrogens is 344 g/mol. The molecule has 0 bridgehead atoms. The van der Waals surface area contributed by atoms with Crippen molar-refractivity contribution in [3.63, 3.8) is 0 Å². The molecular formula is C17H24N2O5S. The van der Waals surface area contributed by atoms with Gasteiger partial charge < -0.3 is 10.0 Å². The zero-order chi connectivity index (χ0) is 18.6. The summed E-state index contributed by atoms with van der Waals surface area (Å²) in [7, 11) is -3.42. The average molecular weight is 368 g/mol. The second-order valence-electron chi connectivity index (χ2n) is 6.46. The van der Waals surface area contributed by atoms with E-state index in [-0.39, 0.29) is 17.6 Å². The number of anilines is 1. The lowest BCUT2D eigenvalue weighted by atomic mass is 9.87. The van der Waals surface area contributed by atoms with E-state index in [0.717, 1.165) is 0 Å². The highest BCUT2D eigenvalue weighted by atomic mass is 32.2. The summed E-state index contributed by atoms with van der Waals surface area (Å²) in [5, 5.41) is 9.17. The van der Waals surface area contributed by atoms with Gasteiger partial charge in [0, 0.05) is 24.3 Å². The Hall–Kier alpha value is -2.09. The molecule has 7 nitrogen and oxygen atoms in total. The van der Waals surface area contributed by atoms with Crippen molar-refractivity contribution in [3.8, 4) is 0 Å². The van der Waals surface area contributed by atoms with E-state index >= 15 is 0 Å². The second-order valence-corrected chi connectivity index (χ2v) is 8.31. The number of benzene rings is 1. The minimum Gasteiger partial charge on any atom is -0.481 e. The maximum absolute atomic E-state index is 12.7. The van der Waals surface area contributed by atoms with Gasteiger partial charge in [-0.3, -0.25) is 14.3 Å². The Morgan fingerprint density at radius 1 is 1.36 bits per heavy atom. The lowest BCUT2D eigenvalue weighted by molar-refractivity contribution is -0.145. The van der Waals surface area contributed by atoms with Crippen LogP contribution in [0.3, 0.4) is 0 Å². The van der Waals surface area contributed by atoms with E-state index in [1.807, 2.05) is 6.92 Å². The first-order chi connectivity index (χ1) is 11.7. The van der Waals surface area contributed by atoms with Gasteiger partial charge in [-0.05, 0) is 37.0 Å². The lowest BCUT2D eigenvalue weighted by Crippen LogP contribution is -2.45. The van der Waals surface area contributed by atoms with Gasteiger partial charge in [0.1, 0.15) is 0 Å². The van der Waals surface area contributed by atoms with E-state index in [0.29, 0.717) is 37.2 Å². The number of hydrogen-bond donors (Lipinski definition) is 2. The van der Waals surface area contributed by atoms with Crippen molar-refractivity contribution in [3.05, 3.63) is 29.8 Å². The van der Waals surface area contributed by atoms with E-state index in [9.17, 15) is 23.1 Å². The topological polar surface area (TPSA) is 104 Å². The Kier molecular flexibility index (Phi) is 6.05. The fourth-order valence-electron chi connectivity index (χ4n) is 3.09. The number of amides is 1. The van der Waals surface area contributed by atoms with Crippen molar-refractivity contribution in [2.75, 3.05) is 23.6 Å². The first kappa shape index (κ1) is 19.2. The van der Waals surface area contributed by atoms with Crippen LogP contribution >= 0.6 is 0 Å². The van der Waals surface area contributed by atoms with Gasteiger partial charge in [0.15, 0.2) is 0 Å². The van der Waals surface area contributed by atoms with Crippen LogP contribution in [-0.2, 0) is 14.8 Å². The van der Waals surface area contributed by atoms with Crippen LogP contribution in [0.1, 0.15) is 37.0 Å². The molecule has 1 aromatic rings. The molecule has 0 aromatic heterocycles. The predicted octanol–water partition coefficient (Wildman–Crippen LogP) is 2.02. The monoisotopic (exact) mass is 368 g/mol. The molecule has 2 rings (SSSR count). The number of likely N-dealkylation sites (tertiary alicyclic amines) is 1. The van der Waals surface area contributed by atoms with Crippen molar-refractivity contribution < 1.29 is 23.1 Å². The molecule has 1 aliphatic rings. The highest BCUT2D eigenvalue weighted by Gasteiger charge is 2.33. The summed E-state index contributed by atoms with van der Waals surface area (Å²) in [6.07, 6.45) is 0.926. The third-order valence-corrected chi connectivity index (χ3v) is 5.86. The maximum Gasteiger partial charge on any atom is 0.306 e. The smallest absolute Gasteiger partial charge is 0.306 e. The molecule has 1 aromatic carbocycles. The van der Waals surface area contributed by atoms with Gasteiger partial charge in [-0.2, -0.15) is 0 Å². The number of nitrogens with one attached hydrogen (secondary N) is 1. The van der Waals surface area contributed by atoms with Crippen LogP contribution in [0, 0.1) is 11.8 Å². The van der Waals surface area contributed by atoms with E-state index < -0.39 is 21.9 Å². The number of aliphatic carboxylic acids is 1. The third-order valence-electron chi connectivity index (χ3n) is 4.37. The minimum absolute atomic E-state index is 0.0192. The van der Waals surface area contributed by atoms with Gasteiger partial charge in [0.25, 0.3) is 5.91 Å². The van der Waals surface area contributed by atoms with E-state index in [1.54, 1.807) is 30.0 Å². The molecule has 2 N–H and O–H groups in total. The summed E-state index contributed by atoms with van der Waals surface area (Å²) in [5.41, 5.74) is 0.741. The summed E-state index contributed by atoms with van der Waals surface area (Å²) < 4.78 is 26.2. The zero-order valence-corrected chi connectivity index (χ0v) is 15.3. The number of hydrogen-bond acceptors (Lipinski definition) is 4. The average Bonchev–Trinajstić information content (AvgIpc) is 2.53. The molecule has 2 atom stereocenters. The van der Waals surface area contributed by atoms with E-state index in [4.69, 9.17) is 0 Å². The van der Waals surface area contributed by atoms with Crippen molar-refractivity contribution in [2.24, 2.45) is 11.8 Å². The van der Waals surface area contributed by atoms with Crippen LogP contribution in [0.5, 0.6) is 0 Å². The summed E-state index contributed by atoms with van der Waals surface area (Å²) in [6.45, 7) is 4.36. The molecule has 1 heterocycles. The number of rotatable bonds is 6. The van der Waals surface area contributed by atoms with Crippen LogP contribution in [0.2, 0.25) is 0 Å². The van der Waals surface area contributed by atoms with Crippen LogP contribution in [0.25, 0.3) is 0 Å². The molecule has 138 valence electrons. The number of piperidine rings is 1. The van der Waals surface area contributed by atoms with Crippen molar-refractivity contribution in [1.82, 2.24) is 4.90 Å². The van der Waals surface area contributed by atoms with Gasteiger partial charge in [0.05, 0.1) is 11.7 Å². The highest BCUT2D eigenvalue weighted by Crippen LogP contribution is 2.25. The molecule has 1 amide bonds. The number of carbonyl (C=O) groups excluding carboxylic acids is 1. The number of carbonyl (C=O) groups is 2. The van der Waals surface area contributed by atoms with Crippen molar-refractivity contribution >= 4 is 27.6 Å². The largest absolute Gasteiger partial charge is 0.481 e. The second kappa shape index (κ2) is 7.86. The number of sulfonamides is 1. The summed E-state index contributed by atoms with van der Waals surface area (Å²) in [5.74, 6) is -1.58. The summed E-state index contributed by atoms with van der Waals surface area (Å²) in [4.78, 5) is 25.5. The molecule has 1 saturated heterocycles. The quantitative estimate of drug-likeness (QED) is 0.799. The Bertz CT molecular complexity index is 747. The van der Waals surface area contributed by atoms with Crippen LogP contribution in [0.4, 0.5) is 5.69 Å².